The van der Waals surface area contributed by atoms with E-state index in [4.69, 9.17) is 11.6 Å². The van der Waals surface area contributed by atoms with Crippen molar-refractivity contribution in [3.63, 3.8) is 0 Å². The fourth-order valence-corrected chi connectivity index (χ4v) is 3.40. The molecule has 0 bridgehead atoms. The maximum atomic E-state index is 6.18. The molecule has 1 heterocycles. The minimum Gasteiger partial charge on any atom is -0.384 e. The van der Waals surface area contributed by atoms with E-state index in [0.29, 0.717) is 0 Å². The van der Waals surface area contributed by atoms with E-state index in [9.17, 15) is 0 Å². The smallest absolute Gasteiger partial charge is 0.0956 e. The van der Waals surface area contributed by atoms with Crippen LogP contribution in [0.25, 0.3) is 10.2 Å². The highest BCUT2D eigenvalue weighted by Gasteiger charge is 2.06. The van der Waals surface area contributed by atoms with Crippen molar-refractivity contribution >= 4 is 38.8 Å². The van der Waals surface area contributed by atoms with Gasteiger partial charge in [-0.15, -0.1) is 11.3 Å². The van der Waals surface area contributed by atoms with Crippen LogP contribution in [0.1, 0.15) is 10.6 Å². The molecule has 0 unspecified atom stereocenters. The molecule has 1 N–H and O–H groups in total. The fourth-order valence-electron chi connectivity index (χ4n) is 2.14. The second kappa shape index (κ2) is 5.81. The van der Waals surface area contributed by atoms with Crippen LogP contribution in [0.2, 0.25) is 5.02 Å². The van der Waals surface area contributed by atoms with Gasteiger partial charge in [-0.1, -0.05) is 35.9 Å². The van der Waals surface area contributed by atoms with E-state index in [-0.39, 0.29) is 0 Å². The number of hydrogen-bond acceptors (Lipinski definition) is 3. The van der Waals surface area contributed by atoms with Crippen LogP contribution in [0.15, 0.2) is 42.5 Å². The molecule has 0 amide bonds. The minimum absolute atomic E-state index is 0.790. The monoisotopic (exact) mass is 302 g/mol. The Labute approximate surface area is 127 Å². The zero-order valence-corrected chi connectivity index (χ0v) is 12.8. The van der Waals surface area contributed by atoms with Crippen molar-refractivity contribution in [2.45, 2.75) is 13.3 Å². The Kier molecular flexibility index (Phi) is 3.90. The highest BCUT2D eigenvalue weighted by atomic mass is 35.5. The number of nitrogens with zero attached hydrogens (tertiary/aromatic N) is 1. The fraction of sp³-hybridized carbons (Fsp3) is 0.188. The molecule has 4 heteroatoms. The van der Waals surface area contributed by atoms with Crippen LogP contribution in [-0.4, -0.2) is 11.5 Å². The van der Waals surface area contributed by atoms with Crippen molar-refractivity contribution in [3.8, 4) is 0 Å². The maximum Gasteiger partial charge on any atom is 0.0956 e. The topological polar surface area (TPSA) is 24.9 Å². The molecule has 3 aromatic rings. The third kappa shape index (κ3) is 2.79. The summed E-state index contributed by atoms with van der Waals surface area (Å²) in [6.45, 7) is 2.99. The standard InChI is InChI=1S/C16H15ClN2S/c1-11-5-2-3-7-13(11)18-10-9-15-19-14-8-4-6-12(17)16(14)20-15/h2-8,18H,9-10H2,1H3. The first-order chi connectivity index (χ1) is 9.74. The molecule has 3 rings (SSSR count). The zero-order valence-electron chi connectivity index (χ0n) is 11.2. The molecule has 0 spiro atoms. The van der Waals surface area contributed by atoms with Crippen molar-refractivity contribution in [3.05, 3.63) is 58.1 Å². The van der Waals surface area contributed by atoms with Gasteiger partial charge in [-0.25, -0.2) is 4.98 Å². The van der Waals surface area contributed by atoms with Crippen LogP contribution in [0.5, 0.6) is 0 Å². The number of nitrogens with one attached hydrogen (secondary N) is 1. The lowest BCUT2D eigenvalue weighted by atomic mass is 10.2. The number of hydrogen-bond donors (Lipinski definition) is 1. The van der Waals surface area contributed by atoms with Gasteiger partial charge in [0.1, 0.15) is 0 Å². The van der Waals surface area contributed by atoms with Crippen molar-refractivity contribution in [1.82, 2.24) is 4.98 Å². The number of thiazole rings is 1. The van der Waals surface area contributed by atoms with Gasteiger partial charge < -0.3 is 5.32 Å². The Bertz CT molecular complexity index is 736. The lowest BCUT2D eigenvalue weighted by Gasteiger charge is -2.07. The number of para-hydroxylation sites is 1. The van der Waals surface area contributed by atoms with E-state index >= 15 is 0 Å². The Morgan fingerprint density at radius 1 is 1.15 bits per heavy atom. The molecule has 1 aromatic heterocycles. The first-order valence-electron chi connectivity index (χ1n) is 6.57. The van der Waals surface area contributed by atoms with Gasteiger partial charge in [-0.3, -0.25) is 0 Å². The highest BCUT2D eigenvalue weighted by molar-refractivity contribution is 7.19. The van der Waals surface area contributed by atoms with E-state index in [1.54, 1.807) is 11.3 Å². The van der Waals surface area contributed by atoms with Gasteiger partial charge in [0.15, 0.2) is 0 Å². The van der Waals surface area contributed by atoms with Crippen LogP contribution in [0.3, 0.4) is 0 Å². The molecule has 0 aliphatic rings. The number of halogens is 1. The van der Waals surface area contributed by atoms with Crippen molar-refractivity contribution < 1.29 is 0 Å². The summed E-state index contributed by atoms with van der Waals surface area (Å²) in [6.07, 6.45) is 0.907. The second-order valence-corrected chi connectivity index (χ2v) is 6.18. The second-order valence-electron chi connectivity index (χ2n) is 4.69. The Hall–Kier alpha value is -1.58. The maximum absolute atomic E-state index is 6.18. The van der Waals surface area contributed by atoms with Gasteiger partial charge in [0.25, 0.3) is 0 Å². The summed E-state index contributed by atoms with van der Waals surface area (Å²) in [4.78, 5) is 4.62. The van der Waals surface area contributed by atoms with Crippen molar-refractivity contribution in [1.29, 1.82) is 0 Å². The predicted octanol–water partition coefficient (Wildman–Crippen LogP) is 4.91. The van der Waals surface area contributed by atoms with E-state index in [1.165, 1.54) is 11.3 Å². The molecule has 2 aromatic carbocycles. The molecule has 0 fully saturated rings. The summed E-state index contributed by atoms with van der Waals surface area (Å²) in [5.41, 5.74) is 3.44. The number of benzene rings is 2. The zero-order chi connectivity index (χ0) is 13.9. The molecule has 0 atom stereocenters. The molecule has 0 aliphatic heterocycles. The van der Waals surface area contributed by atoms with E-state index in [0.717, 1.165) is 33.2 Å². The predicted molar refractivity (Wildman–Crippen MR) is 88.0 cm³/mol. The number of fused-ring (bicyclic) bond motifs is 1. The number of aryl methyl sites for hydroxylation is 1. The normalized spacial score (nSPS) is 10.9. The van der Waals surface area contributed by atoms with Crippen LogP contribution < -0.4 is 5.32 Å². The van der Waals surface area contributed by atoms with Gasteiger partial charge in [-0.2, -0.15) is 0 Å². The number of anilines is 1. The van der Waals surface area contributed by atoms with Crippen LogP contribution in [-0.2, 0) is 6.42 Å². The average molecular weight is 303 g/mol. The van der Waals surface area contributed by atoms with Gasteiger partial charge in [-0.05, 0) is 30.7 Å². The Balaban J connectivity index is 1.68. The van der Waals surface area contributed by atoms with E-state index < -0.39 is 0 Å². The highest BCUT2D eigenvalue weighted by Crippen LogP contribution is 2.29. The Morgan fingerprint density at radius 2 is 2.00 bits per heavy atom. The minimum atomic E-state index is 0.790. The summed E-state index contributed by atoms with van der Waals surface area (Å²) < 4.78 is 1.08. The summed E-state index contributed by atoms with van der Waals surface area (Å²) in [6, 6.07) is 14.2. The summed E-state index contributed by atoms with van der Waals surface area (Å²) in [5.74, 6) is 0. The quantitative estimate of drug-likeness (QED) is 0.740. The first kappa shape index (κ1) is 13.4. The van der Waals surface area contributed by atoms with Crippen molar-refractivity contribution in [2.24, 2.45) is 0 Å². The molecule has 102 valence electrons. The molecule has 20 heavy (non-hydrogen) atoms. The number of rotatable bonds is 4. The molecule has 0 saturated heterocycles. The lowest BCUT2D eigenvalue weighted by Crippen LogP contribution is -2.05. The first-order valence-corrected chi connectivity index (χ1v) is 7.77. The Morgan fingerprint density at radius 3 is 2.80 bits per heavy atom. The molecule has 0 aliphatic carbocycles. The van der Waals surface area contributed by atoms with Gasteiger partial charge in [0.2, 0.25) is 0 Å². The van der Waals surface area contributed by atoms with Gasteiger partial charge in [0.05, 0.1) is 20.2 Å². The molecule has 2 nitrogen and oxygen atoms in total. The SMILES string of the molecule is Cc1ccccc1NCCc1nc2cccc(Cl)c2s1. The molecule has 0 saturated carbocycles. The van der Waals surface area contributed by atoms with E-state index in [1.807, 2.05) is 24.3 Å². The van der Waals surface area contributed by atoms with Gasteiger partial charge in [0, 0.05) is 18.7 Å². The summed E-state index contributed by atoms with van der Waals surface area (Å²) >= 11 is 7.86. The lowest BCUT2D eigenvalue weighted by molar-refractivity contribution is 1.00. The summed E-state index contributed by atoms with van der Waals surface area (Å²) in [5, 5.41) is 5.36. The average Bonchev–Trinajstić information content (AvgIpc) is 2.85. The summed E-state index contributed by atoms with van der Waals surface area (Å²) in [7, 11) is 0. The molecular formula is C16H15ClN2S. The number of aromatic nitrogens is 1. The van der Waals surface area contributed by atoms with Crippen molar-refractivity contribution in [2.75, 3.05) is 11.9 Å². The third-order valence-corrected chi connectivity index (χ3v) is 4.80. The third-order valence-electron chi connectivity index (χ3n) is 3.21. The molecule has 0 radical (unpaired) electrons. The largest absolute Gasteiger partial charge is 0.384 e. The van der Waals surface area contributed by atoms with Gasteiger partial charge >= 0.3 is 0 Å². The van der Waals surface area contributed by atoms with E-state index in [2.05, 4.69) is 35.4 Å². The molecular weight excluding hydrogens is 288 g/mol. The van der Waals surface area contributed by atoms with Crippen LogP contribution in [0.4, 0.5) is 5.69 Å². The van der Waals surface area contributed by atoms with Crippen LogP contribution in [0, 0.1) is 6.92 Å². The van der Waals surface area contributed by atoms with Crippen LogP contribution >= 0.6 is 22.9 Å².